The lowest BCUT2D eigenvalue weighted by atomic mass is 9.87. The zero-order chi connectivity index (χ0) is 25.5. The molecule has 0 radical (unpaired) electrons. The van der Waals surface area contributed by atoms with Crippen molar-refractivity contribution in [2.45, 2.75) is 44.5 Å². The van der Waals surface area contributed by atoms with Gasteiger partial charge in [0.15, 0.2) is 0 Å². The number of carbonyl (C=O) groups is 1. The predicted octanol–water partition coefficient (Wildman–Crippen LogP) is 5.15. The number of hydrogen-bond donors (Lipinski definition) is 0. The number of carbonyl (C=O) groups excluding carboxylic acids is 1. The van der Waals surface area contributed by atoms with Crippen LogP contribution in [0.4, 0.5) is 8.78 Å². The van der Waals surface area contributed by atoms with Crippen LogP contribution in [0.3, 0.4) is 0 Å². The normalized spacial score (nSPS) is 26.6. The van der Waals surface area contributed by atoms with Crippen molar-refractivity contribution in [1.82, 2.24) is 9.88 Å². The molecule has 1 atom stereocenters. The molecule has 6 heteroatoms. The molecule has 1 aliphatic heterocycles. The van der Waals surface area contributed by atoms with Gasteiger partial charge in [0.2, 0.25) is 0 Å². The minimum Gasteiger partial charge on any atom is -0.338 e. The fraction of sp³-hybridized carbons (Fsp3) is 0.429. The monoisotopic (exact) mass is 399 g/mol. The van der Waals surface area contributed by atoms with Crippen molar-refractivity contribution >= 4 is 17.5 Å². The van der Waals surface area contributed by atoms with Crippen molar-refractivity contribution in [3.63, 3.8) is 0 Å². The van der Waals surface area contributed by atoms with Gasteiger partial charge in [-0.15, -0.1) is 0 Å². The molecule has 27 heavy (non-hydrogen) atoms. The summed E-state index contributed by atoms with van der Waals surface area (Å²) < 4.78 is 84.6. The van der Waals surface area contributed by atoms with Crippen LogP contribution in [0.15, 0.2) is 36.5 Å². The molecule has 3 nitrogen and oxygen atoms in total. The van der Waals surface area contributed by atoms with E-state index in [1.165, 1.54) is 18.2 Å². The number of pyridine rings is 1. The third-order valence-corrected chi connectivity index (χ3v) is 4.63. The molecular formula is C21H23ClF2N2O. The maximum absolute atomic E-state index is 16.0. The maximum atomic E-state index is 16.0. The van der Waals surface area contributed by atoms with Crippen LogP contribution in [0.25, 0.3) is 0 Å². The number of halogens is 3. The van der Waals surface area contributed by atoms with Crippen molar-refractivity contribution < 1.29 is 23.2 Å². The number of amides is 1. The summed E-state index contributed by atoms with van der Waals surface area (Å²) in [6.07, 6.45) is -5.17. The lowest BCUT2D eigenvalue weighted by Gasteiger charge is -2.36. The Morgan fingerprint density at radius 1 is 1.44 bits per heavy atom. The first kappa shape index (κ1) is 12.4. The maximum Gasteiger partial charge on any atom is 0.253 e. The minimum absolute atomic E-state index is 0.0168. The smallest absolute Gasteiger partial charge is 0.253 e. The number of alkyl halides is 1. The topological polar surface area (TPSA) is 33.2 Å². The highest BCUT2D eigenvalue weighted by atomic mass is 35.5. The average molecular weight is 400 g/mol. The molecular weight excluding hydrogens is 370 g/mol. The molecule has 1 aromatic heterocycles. The van der Waals surface area contributed by atoms with E-state index in [-0.39, 0.29) is 29.1 Å². The number of rotatable bonds is 5. The number of aromatic nitrogens is 1. The largest absolute Gasteiger partial charge is 0.338 e. The summed E-state index contributed by atoms with van der Waals surface area (Å²) >= 11 is 5.71. The molecule has 144 valence electrons. The first-order valence-corrected chi connectivity index (χ1v) is 8.84. The molecule has 2 heterocycles. The van der Waals surface area contributed by atoms with Gasteiger partial charge in [0.25, 0.3) is 5.91 Å². The van der Waals surface area contributed by atoms with E-state index in [4.69, 9.17) is 21.2 Å². The Bertz CT molecular complexity index is 1070. The van der Waals surface area contributed by atoms with E-state index in [9.17, 15) is 9.18 Å². The Morgan fingerprint density at radius 3 is 2.96 bits per heavy atom. The summed E-state index contributed by atoms with van der Waals surface area (Å²) in [5, 5.41) is -0.275. The van der Waals surface area contributed by atoms with Gasteiger partial charge in [-0.05, 0) is 68.7 Å². The fourth-order valence-electron chi connectivity index (χ4n) is 2.77. The van der Waals surface area contributed by atoms with Gasteiger partial charge in [-0.25, -0.2) is 8.78 Å². The van der Waals surface area contributed by atoms with E-state index in [0.717, 1.165) is 23.2 Å². The molecule has 1 aliphatic rings. The minimum atomic E-state index is -2.89. The van der Waals surface area contributed by atoms with Gasteiger partial charge in [0.05, 0.1) is 5.02 Å². The number of likely N-dealkylation sites (tertiary alicyclic amines) is 1. The molecule has 1 aromatic carbocycles. The SMILES string of the molecule is [2H]C([2H])([2H])c1ccc(CCC([2H])([2H])C2(F)CCN(C(=O)c3ccc(F)c(Cl)c3)CC2([2H])[2H])nc1. The van der Waals surface area contributed by atoms with Gasteiger partial charge in [-0.2, -0.15) is 0 Å². The van der Waals surface area contributed by atoms with E-state index in [2.05, 4.69) is 4.98 Å². The molecule has 0 spiro atoms. The van der Waals surface area contributed by atoms with Gasteiger partial charge < -0.3 is 4.90 Å². The Morgan fingerprint density at radius 2 is 2.30 bits per heavy atom. The molecule has 0 aliphatic carbocycles. The molecule has 1 saturated heterocycles. The quantitative estimate of drug-likeness (QED) is 0.696. The molecule has 1 unspecified atom stereocenters. The zero-order valence-electron chi connectivity index (χ0n) is 21.4. The summed E-state index contributed by atoms with van der Waals surface area (Å²) in [5.41, 5.74) is -2.50. The second kappa shape index (κ2) is 8.34. The highest BCUT2D eigenvalue weighted by molar-refractivity contribution is 6.31. The van der Waals surface area contributed by atoms with Crippen LogP contribution in [0.5, 0.6) is 0 Å². The highest BCUT2D eigenvalue weighted by Gasteiger charge is 2.35. The second-order valence-electron chi connectivity index (χ2n) is 6.30. The van der Waals surface area contributed by atoms with Gasteiger partial charge in [-0.3, -0.25) is 9.78 Å². The number of benzene rings is 1. The molecule has 0 saturated carbocycles. The molecule has 0 bridgehead atoms. The third kappa shape index (κ3) is 5.04. The Labute approximate surface area is 173 Å². The average Bonchev–Trinajstić information content (AvgIpc) is 2.75. The standard InChI is InChI=1S/C21H23ClF2N2O/c1-15-4-6-17(25-14-15)3-2-8-21(24)9-11-26(12-10-21)20(27)16-5-7-19(23)18(22)13-16/h4-7,13-14H,2-3,8-12H2,1H3/i1D3,8D2,9D2. The van der Waals surface area contributed by atoms with E-state index >= 15 is 4.39 Å². The Kier molecular flexibility index (Phi) is 3.85. The fourth-order valence-corrected chi connectivity index (χ4v) is 2.95. The van der Waals surface area contributed by atoms with Crippen molar-refractivity contribution in [3.05, 3.63) is 64.2 Å². The van der Waals surface area contributed by atoms with E-state index < -0.39 is 56.4 Å². The van der Waals surface area contributed by atoms with E-state index in [1.807, 2.05) is 0 Å². The highest BCUT2D eigenvalue weighted by Crippen LogP contribution is 2.32. The van der Waals surface area contributed by atoms with Gasteiger partial charge in [0.1, 0.15) is 11.5 Å². The van der Waals surface area contributed by atoms with Crippen molar-refractivity contribution in [2.24, 2.45) is 0 Å². The lowest BCUT2D eigenvalue weighted by Crippen LogP contribution is -2.44. The van der Waals surface area contributed by atoms with Gasteiger partial charge >= 0.3 is 0 Å². The Balaban J connectivity index is 1.72. The van der Waals surface area contributed by atoms with Gasteiger partial charge in [-0.1, -0.05) is 17.7 Å². The van der Waals surface area contributed by atoms with Crippen molar-refractivity contribution in [1.29, 1.82) is 0 Å². The van der Waals surface area contributed by atoms with Crippen LogP contribution in [-0.2, 0) is 6.42 Å². The number of nitrogens with zero attached hydrogens (tertiary/aromatic N) is 2. The van der Waals surface area contributed by atoms with Crippen LogP contribution in [0.1, 0.15) is 56.8 Å². The summed E-state index contributed by atoms with van der Waals surface area (Å²) in [5.74, 6) is -1.38. The van der Waals surface area contributed by atoms with Crippen molar-refractivity contribution in [2.75, 3.05) is 13.1 Å². The summed E-state index contributed by atoms with van der Waals surface area (Å²) in [6, 6.07) is 6.08. The van der Waals surface area contributed by atoms with Crippen LogP contribution in [0, 0.1) is 12.7 Å². The molecule has 1 fully saturated rings. The van der Waals surface area contributed by atoms with E-state index in [1.54, 1.807) is 0 Å². The molecule has 1 amide bonds. The van der Waals surface area contributed by atoms with Gasteiger partial charge in [0, 0.05) is 40.1 Å². The molecule has 3 rings (SSSR count). The number of piperidine rings is 1. The summed E-state index contributed by atoms with van der Waals surface area (Å²) in [7, 11) is 0. The number of hydrogen-bond acceptors (Lipinski definition) is 2. The van der Waals surface area contributed by atoms with Crippen LogP contribution in [-0.4, -0.2) is 34.5 Å². The van der Waals surface area contributed by atoms with Crippen molar-refractivity contribution in [3.8, 4) is 0 Å². The first-order valence-electron chi connectivity index (χ1n) is 12.0. The molecule has 0 N–H and O–H groups in total. The van der Waals surface area contributed by atoms with Crippen LogP contribution in [0.2, 0.25) is 5.02 Å². The third-order valence-electron chi connectivity index (χ3n) is 4.34. The second-order valence-corrected chi connectivity index (χ2v) is 6.71. The molecule has 2 aromatic rings. The number of aryl methyl sites for hydroxylation is 2. The Hall–Kier alpha value is -2.01. The zero-order valence-corrected chi connectivity index (χ0v) is 15.2. The predicted molar refractivity (Wildman–Crippen MR) is 102 cm³/mol. The van der Waals surface area contributed by atoms with E-state index in [0.29, 0.717) is 5.69 Å². The first-order chi connectivity index (χ1) is 15.6. The van der Waals surface area contributed by atoms with Crippen LogP contribution < -0.4 is 0 Å². The summed E-state index contributed by atoms with van der Waals surface area (Å²) in [4.78, 5) is 17.8. The lowest BCUT2D eigenvalue weighted by molar-refractivity contribution is 0.0389. The van der Waals surface area contributed by atoms with Crippen LogP contribution >= 0.6 is 11.6 Å². The summed E-state index contributed by atoms with van der Waals surface area (Å²) in [6.45, 7) is -3.26.